The van der Waals surface area contributed by atoms with E-state index in [2.05, 4.69) is 12.6 Å². The first-order valence-electron chi connectivity index (χ1n) is 7.56. The lowest BCUT2D eigenvalue weighted by Gasteiger charge is -2.24. The molecule has 1 rings (SSSR count). The average molecular weight is 313 g/mol. The van der Waals surface area contributed by atoms with Crippen molar-refractivity contribution in [2.45, 2.75) is 32.1 Å². The molecule has 1 aromatic rings. The normalized spacial score (nSPS) is 9.70. The van der Waals surface area contributed by atoms with Crippen LogP contribution in [0.2, 0.25) is 0 Å². The third-order valence-electron chi connectivity index (χ3n) is 3.40. The van der Waals surface area contributed by atoms with Crippen LogP contribution in [0, 0.1) is 22.7 Å². The molecule has 0 spiro atoms. The van der Waals surface area contributed by atoms with Gasteiger partial charge in [-0.25, -0.2) is 0 Å². The lowest BCUT2D eigenvalue weighted by molar-refractivity contribution is -0.115. The summed E-state index contributed by atoms with van der Waals surface area (Å²) in [5.41, 5.74) is 1.28. The van der Waals surface area contributed by atoms with Gasteiger partial charge in [-0.05, 0) is 31.0 Å². The number of nitriles is 2. The van der Waals surface area contributed by atoms with Crippen LogP contribution < -0.4 is 4.90 Å². The molecular formula is C18H20FN3O. The van der Waals surface area contributed by atoms with Crippen molar-refractivity contribution in [1.82, 2.24) is 0 Å². The zero-order valence-electron chi connectivity index (χ0n) is 13.1. The Morgan fingerprint density at radius 2 is 2.04 bits per heavy atom. The summed E-state index contributed by atoms with van der Waals surface area (Å²) in [6, 6.07) is 10.9. The monoisotopic (exact) mass is 313 g/mol. The quantitative estimate of drug-likeness (QED) is 0.513. The van der Waals surface area contributed by atoms with Crippen molar-refractivity contribution in [3.05, 3.63) is 42.0 Å². The summed E-state index contributed by atoms with van der Waals surface area (Å²) >= 11 is 0. The number of amides is 1. The number of nitrogens with zero attached hydrogens (tertiary/aromatic N) is 3. The van der Waals surface area contributed by atoms with Crippen LogP contribution in [0.15, 0.2) is 36.4 Å². The summed E-state index contributed by atoms with van der Waals surface area (Å²) in [6.45, 7) is 3.47. The van der Waals surface area contributed by atoms with Crippen LogP contribution in [-0.2, 0) is 4.79 Å². The van der Waals surface area contributed by atoms with Crippen molar-refractivity contribution in [1.29, 1.82) is 10.5 Å². The third kappa shape index (κ3) is 5.92. The minimum atomic E-state index is -0.626. The number of unbranched alkanes of at least 4 members (excludes halogenated alkanes) is 3. The van der Waals surface area contributed by atoms with Crippen LogP contribution in [0.4, 0.5) is 10.1 Å². The topological polar surface area (TPSA) is 67.9 Å². The van der Waals surface area contributed by atoms with E-state index >= 15 is 0 Å². The van der Waals surface area contributed by atoms with E-state index in [4.69, 9.17) is 10.5 Å². The highest BCUT2D eigenvalue weighted by molar-refractivity contribution is 6.05. The van der Waals surface area contributed by atoms with E-state index in [0.29, 0.717) is 24.2 Å². The molecule has 0 radical (unpaired) electrons. The molecule has 0 aliphatic rings. The van der Waals surface area contributed by atoms with Gasteiger partial charge in [0.15, 0.2) is 0 Å². The first-order chi connectivity index (χ1) is 11.1. The molecule has 0 aromatic heterocycles. The van der Waals surface area contributed by atoms with Gasteiger partial charge in [0, 0.05) is 30.6 Å². The molecule has 120 valence electrons. The average Bonchev–Trinajstić information content (AvgIpc) is 2.58. The van der Waals surface area contributed by atoms with Crippen LogP contribution in [0.3, 0.4) is 0 Å². The number of rotatable bonds is 9. The minimum absolute atomic E-state index is 0.00169. The molecule has 4 nitrogen and oxygen atoms in total. The molecule has 0 N–H and O–H groups in total. The van der Waals surface area contributed by atoms with Gasteiger partial charge < -0.3 is 4.90 Å². The molecular weight excluding hydrogens is 293 g/mol. The van der Waals surface area contributed by atoms with E-state index in [-0.39, 0.29) is 17.9 Å². The molecule has 0 fully saturated rings. The van der Waals surface area contributed by atoms with Crippen LogP contribution in [0.25, 0.3) is 0 Å². The maximum Gasteiger partial charge on any atom is 0.253 e. The van der Waals surface area contributed by atoms with Gasteiger partial charge in [-0.15, -0.1) is 0 Å². The predicted molar refractivity (Wildman–Crippen MR) is 87.3 cm³/mol. The Bertz CT molecular complexity index is 628. The van der Waals surface area contributed by atoms with Crippen LogP contribution >= 0.6 is 0 Å². The molecule has 23 heavy (non-hydrogen) atoms. The molecule has 0 unspecified atom stereocenters. The Morgan fingerprint density at radius 3 is 2.70 bits per heavy atom. The van der Waals surface area contributed by atoms with Gasteiger partial charge in [-0.2, -0.15) is 10.5 Å². The third-order valence-corrected chi connectivity index (χ3v) is 3.40. The SMILES string of the molecule is C=C(CCF)C(=O)N(CCCCCC#N)c1cccc(C#N)c1. The molecule has 5 heteroatoms. The standard InChI is InChI=1S/C18H20FN3O/c1-15(9-10-19)18(23)22(12-5-3-2-4-11-20)17-8-6-7-16(13-17)14-21/h6-8,13H,1-5,9-10,12H2. The summed E-state index contributed by atoms with van der Waals surface area (Å²) in [4.78, 5) is 14.0. The predicted octanol–water partition coefficient (Wildman–Crippen LogP) is 3.89. The number of halogens is 1. The summed E-state index contributed by atoms with van der Waals surface area (Å²) in [5.74, 6) is -0.321. The molecule has 1 amide bonds. The van der Waals surface area contributed by atoms with Crippen molar-refractivity contribution in [2.24, 2.45) is 0 Å². The number of alkyl halides is 1. The molecule has 0 saturated carbocycles. The molecule has 0 heterocycles. The van der Waals surface area contributed by atoms with E-state index in [1.165, 1.54) is 4.90 Å². The molecule has 0 atom stereocenters. The van der Waals surface area contributed by atoms with Gasteiger partial charge >= 0.3 is 0 Å². The second-order valence-corrected chi connectivity index (χ2v) is 5.13. The first kappa shape index (κ1) is 18.4. The van der Waals surface area contributed by atoms with E-state index in [0.717, 1.165) is 19.3 Å². The Morgan fingerprint density at radius 1 is 1.26 bits per heavy atom. The van der Waals surface area contributed by atoms with Crippen molar-refractivity contribution >= 4 is 11.6 Å². The first-order valence-corrected chi connectivity index (χ1v) is 7.56. The fourth-order valence-electron chi connectivity index (χ4n) is 2.15. The zero-order valence-corrected chi connectivity index (χ0v) is 13.1. The van der Waals surface area contributed by atoms with E-state index in [1.807, 2.05) is 6.07 Å². The van der Waals surface area contributed by atoms with Crippen LogP contribution in [0.5, 0.6) is 0 Å². The Hall–Kier alpha value is -2.66. The zero-order chi connectivity index (χ0) is 17.1. The van der Waals surface area contributed by atoms with Gasteiger partial charge in [-0.1, -0.05) is 19.1 Å². The maximum absolute atomic E-state index is 12.5. The van der Waals surface area contributed by atoms with E-state index < -0.39 is 6.67 Å². The van der Waals surface area contributed by atoms with Crippen molar-refractivity contribution in [2.75, 3.05) is 18.1 Å². The van der Waals surface area contributed by atoms with Crippen LogP contribution in [0.1, 0.15) is 37.7 Å². The number of anilines is 1. The second-order valence-electron chi connectivity index (χ2n) is 5.13. The molecule has 0 aliphatic heterocycles. The summed E-state index contributed by atoms with van der Waals surface area (Å²) in [6.07, 6.45) is 2.83. The van der Waals surface area contributed by atoms with Gasteiger partial charge in [0.25, 0.3) is 5.91 Å². The molecule has 0 saturated heterocycles. The lowest BCUT2D eigenvalue weighted by atomic mass is 10.1. The Balaban J connectivity index is 2.87. The highest BCUT2D eigenvalue weighted by Gasteiger charge is 2.18. The van der Waals surface area contributed by atoms with Gasteiger partial charge in [-0.3, -0.25) is 9.18 Å². The maximum atomic E-state index is 12.5. The number of hydrogen-bond donors (Lipinski definition) is 0. The lowest BCUT2D eigenvalue weighted by Crippen LogP contribution is -2.33. The second kappa shape index (κ2) is 10.1. The largest absolute Gasteiger partial charge is 0.309 e. The highest BCUT2D eigenvalue weighted by Crippen LogP contribution is 2.20. The van der Waals surface area contributed by atoms with Crippen molar-refractivity contribution in [3.63, 3.8) is 0 Å². The molecule has 0 bridgehead atoms. The van der Waals surface area contributed by atoms with Gasteiger partial charge in [0.1, 0.15) is 0 Å². The number of carbonyl (C=O) groups is 1. The summed E-state index contributed by atoms with van der Waals surface area (Å²) < 4.78 is 12.5. The summed E-state index contributed by atoms with van der Waals surface area (Å²) in [5, 5.41) is 17.5. The number of carbonyl (C=O) groups excluding carboxylic acids is 1. The molecule has 1 aromatic carbocycles. The fourth-order valence-corrected chi connectivity index (χ4v) is 2.15. The summed E-state index contributed by atoms with van der Waals surface area (Å²) in [7, 11) is 0. The smallest absolute Gasteiger partial charge is 0.253 e. The molecule has 0 aliphatic carbocycles. The number of benzene rings is 1. The van der Waals surface area contributed by atoms with E-state index in [9.17, 15) is 9.18 Å². The highest BCUT2D eigenvalue weighted by atomic mass is 19.1. The van der Waals surface area contributed by atoms with Gasteiger partial charge in [0.05, 0.1) is 24.4 Å². The fraction of sp³-hybridized carbons (Fsp3) is 0.389. The van der Waals surface area contributed by atoms with E-state index in [1.54, 1.807) is 24.3 Å². The minimum Gasteiger partial charge on any atom is -0.309 e. The number of hydrogen-bond acceptors (Lipinski definition) is 3. The van der Waals surface area contributed by atoms with Gasteiger partial charge in [0.2, 0.25) is 0 Å². The Kier molecular flexibility index (Phi) is 8.10. The van der Waals surface area contributed by atoms with Crippen molar-refractivity contribution in [3.8, 4) is 12.1 Å². The Labute approximate surface area is 136 Å². The van der Waals surface area contributed by atoms with Crippen molar-refractivity contribution < 1.29 is 9.18 Å². The van der Waals surface area contributed by atoms with Crippen LogP contribution in [-0.4, -0.2) is 19.1 Å².